The molecule has 0 saturated carbocycles. The highest BCUT2D eigenvalue weighted by atomic mass is 32.2. The third-order valence-corrected chi connectivity index (χ3v) is 4.06. The summed E-state index contributed by atoms with van der Waals surface area (Å²) in [6, 6.07) is 17.9. The summed E-state index contributed by atoms with van der Waals surface area (Å²) in [4.78, 5) is 16.4. The highest BCUT2D eigenvalue weighted by Crippen LogP contribution is 2.33. The van der Waals surface area contributed by atoms with Crippen LogP contribution in [0.15, 0.2) is 69.2 Å². The van der Waals surface area contributed by atoms with Crippen LogP contribution in [0.3, 0.4) is 0 Å². The third-order valence-electron chi connectivity index (χ3n) is 2.97. The average molecular weight is 310 g/mol. The first-order chi connectivity index (χ1) is 10.7. The first-order valence-corrected chi connectivity index (χ1v) is 7.56. The molecule has 2 aromatic carbocycles. The minimum Gasteiger partial charge on any atom is -0.323 e. The van der Waals surface area contributed by atoms with Crippen molar-refractivity contribution in [2.75, 3.05) is 5.32 Å². The lowest BCUT2D eigenvalue weighted by atomic mass is 10.3. The topological polar surface area (TPSA) is 70.7 Å². The van der Waals surface area contributed by atoms with Crippen LogP contribution in [0.25, 0.3) is 0 Å². The molecule has 0 amide bonds. The maximum atomic E-state index is 11.6. The maximum Gasteiger partial charge on any atom is 0.273 e. The number of rotatable bonds is 4. The number of hydrogen-bond donors (Lipinski definition) is 2. The Hall–Kier alpha value is -2.60. The van der Waals surface area contributed by atoms with E-state index in [-0.39, 0.29) is 5.56 Å². The van der Waals surface area contributed by atoms with Gasteiger partial charge in [-0.05, 0) is 31.2 Å². The summed E-state index contributed by atoms with van der Waals surface area (Å²) in [6.07, 6.45) is 0. The molecule has 110 valence electrons. The van der Waals surface area contributed by atoms with Crippen LogP contribution in [0.2, 0.25) is 0 Å². The highest BCUT2D eigenvalue weighted by molar-refractivity contribution is 7.99. The van der Waals surface area contributed by atoms with E-state index in [0.29, 0.717) is 11.6 Å². The van der Waals surface area contributed by atoms with Gasteiger partial charge in [0.15, 0.2) is 0 Å². The van der Waals surface area contributed by atoms with Crippen LogP contribution >= 0.6 is 11.8 Å². The van der Waals surface area contributed by atoms with E-state index >= 15 is 0 Å². The van der Waals surface area contributed by atoms with Crippen molar-refractivity contribution < 1.29 is 0 Å². The third kappa shape index (κ3) is 3.35. The van der Waals surface area contributed by atoms with Crippen LogP contribution in [0, 0.1) is 6.92 Å². The van der Waals surface area contributed by atoms with Crippen LogP contribution < -0.4 is 10.9 Å². The zero-order valence-corrected chi connectivity index (χ0v) is 12.7. The standard InChI is InChI=1S/C16H14N4OS/c1-11-15(21)18-16(20-19-11)17-13-9-5-6-10-14(13)22-12-7-3-2-4-8-12/h2-10H,1H3,(H2,17,18,20,21). The number of anilines is 2. The van der Waals surface area contributed by atoms with E-state index in [2.05, 4.69) is 32.6 Å². The monoisotopic (exact) mass is 310 g/mol. The Morgan fingerprint density at radius 2 is 1.73 bits per heavy atom. The van der Waals surface area contributed by atoms with Gasteiger partial charge in [-0.1, -0.05) is 42.1 Å². The molecule has 0 atom stereocenters. The summed E-state index contributed by atoms with van der Waals surface area (Å²) < 4.78 is 0. The van der Waals surface area contributed by atoms with E-state index in [1.165, 1.54) is 0 Å². The molecule has 0 aliphatic rings. The molecule has 0 fully saturated rings. The smallest absolute Gasteiger partial charge is 0.273 e. The number of aromatic nitrogens is 3. The Bertz CT molecular complexity index is 833. The van der Waals surface area contributed by atoms with E-state index in [1.54, 1.807) is 18.7 Å². The Morgan fingerprint density at radius 1 is 1.00 bits per heavy atom. The maximum absolute atomic E-state index is 11.6. The Morgan fingerprint density at radius 3 is 2.50 bits per heavy atom. The molecule has 0 saturated heterocycles. The molecular formula is C16H14N4OS. The Kier molecular flexibility index (Phi) is 4.20. The molecule has 6 heteroatoms. The second-order valence-corrected chi connectivity index (χ2v) is 5.74. The molecule has 0 unspecified atom stereocenters. The van der Waals surface area contributed by atoms with Crippen LogP contribution in [-0.2, 0) is 0 Å². The van der Waals surface area contributed by atoms with Crippen molar-refractivity contribution in [3.8, 4) is 0 Å². The summed E-state index contributed by atoms with van der Waals surface area (Å²) in [6.45, 7) is 1.62. The minimum atomic E-state index is -0.245. The fourth-order valence-corrected chi connectivity index (χ4v) is 2.77. The molecule has 3 aromatic rings. The van der Waals surface area contributed by atoms with Gasteiger partial charge in [-0.15, -0.1) is 10.2 Å². The van der Waals surface area contributed by atoms with Crippen LogP contribution in [0.5, 0.6) is 0 Å². The molecule has 0 aliphatic carbocycles. The van der Waals surface area contributed by atoms with Gasteiger partial charge in [-0.2, -0.15) is 0 Å². The molecule has 2 N–H and O–H groups in total. The van der Waals surface area contributed by atoms with Gasteiger partial charge < -0.3 is 5.32 Å². The van der Waals surface area contributed by atoms with Gasteiger partial charge in [0.1, 0.15) is 5.69 Å². The lowest BCUT2D eigenvalue weighted by Gasteiger charge is -2.10. The minimum absolute atomic E-state index is 0.245. The number of para-hydroxylation sites is 1. The van der Waals surface area contributed by atoms with E-state index in [4.69, 9.17) is 0 Å². The van der Waals surface area contributed by atoms with Crippen molar-refractivity contribution >= 4 is 23.4 Å². The summed E-state index contributed by atoms with van der Waals surface area (Å²) in [5.41, 5.74) is 0.966. The van der Waals surface area contributed by atoms with Crippen molar-refractivity contribution in [2.24, 2.45) is 0 Å². The largest absolute Gasteiger partial charge is 0.323 e. The second kappa shape index (κ2) is 6.44. The molecule has 0 bridgehead atoms. The first kappa shape index (κ1) is 14.3. The number of aromatic amines is 1. The summed E-state index contributed by atoms with van der Waals surface area (Å²) in [5, 5.41) is 10.9. The fourth-order valence-electron chi connectivity index (χ4n) is 1.85. The fraction of sp³-hybridized carbons (Fsp3) is 0.0625. The Balaban J connectivity index is 1.88. The quantitative estimate of drug-likeness (QED) is 0.773. The summed E-state index contributed by atoms with van der Waals surface area (Å²) >= 11 is 1.64. The van der Waals surface area contributed by atoms with Crippen LogP contribution in [0.1, 0.15) is 5.69 Å². The van der Waals surface area contributed by atoms with Crippen molar-refractivity contribution in [1.82, 2.24) is 15.2 Å². The number of aryl methyl sites for hydroxylation is 1. The lowest BCUT2D eigenvalue weighted by molar-refractivity contribution is 0.907. The number of nitrogens with zero attached hydrogens (tertiary/aromatic N) is 2. The van der Waals surface area contributed by atoms with Crippen LogP contribution in [-0.4, -0.2) is 15.2 Å². The zero-order valence-electron chi connectivity index (χ0n) is 11.9. The van der Waals surface area contributed by atoms with Crippen molar-refractivity contribution in [3.63, 3.8) is 0 Å². The second-order valence-electron chi connectivity index (χ2n) is 4.62. The normalized spacial score (nSPS) is 10.4. The lowest BCUT2D eigenvalue weighted by Crippen LogP contribution is -2.15. The van der Waals surface area contributed by atoms with Gasteiger partial charge in [0.2, 0.25) is 5.95 Å². The predicted molar refractivity (Wildman–Crippen MR) is 87.7 cm³/mol. The van der Waals surface area contributed by atoms with E-state index < -0.39 is 0 Å². The summed E-state index contributed by atoms with van der Waals surface area (Å²) in [5.74, 6) is 0.330. The van der Waals surface area contributed by atoms with Crippen molar-refractivity contribution in [3.05, 3.63) is 70.6 Å². The van der Waals surface area contributed by atoms with E-state index in [9.17, 15) is 4.79 Å². The van der Waals surface area contributed by atoms with Gasteiger partial charge in [0.25, 0.3) is 5.56 Å². The molecule has 22 heavy (non-hydrogen) atoms. The van der Waals surface area contributed by atoms with Gasteiger partial charge in [-0.25, -0.2) is 0 Å². The molecule has 3 rings (SSSR count). The molecular weight excluding hydrogens is 296 g/mol. The average Bonchev–Trinajstić information content (AvgIpc) is 2.54. The molecule has 1 aromatic heterocycles. The highest BCUT2D eigenvalue weighted by Gasteiger charge is 2.06. The first-order valence-electron chi connectivity index (χ1n) is 6.75. The molecule has 5 nitrogen and oxygen atoms in total. The predicted octanol–water partition coefficient (Wildman–Crippen LogP) is 3.37. The van der Waals surface area contributed by atoms with Crippen LogP contribution in [0.4, 0.5) is 11.6 Å². The molecule has 0 spiro atoms. The van der Waals surface area contributed by atoms with Crippen molar-refractivity contribution in [1.29, 1.82) is 0 Å². The van der Waals surface area contributed by atoms with Gasteiger partial charge in [0.05, 0.1) is 5.69 Å². The molecule has 1 heterocycles. The van der Waals surface area contributed by atoms with Gasteiger partial charge >= 0.3 is 0 Å². The number of nitrogens with one attached hydrogen (secondary N) is 2. The number of hydrogen-bond acceptors (Lipinski definition) is 5. The van der Waals surface area contributed by atoms with Gasteiger partial charge in [0, 0.05) is 9.79 Å². The number of H-pyrrole nitrogens is 1. The van der Waals surface area contributed by atoms with Crippen molar-refractivity contribution in [2.45, 2.75) is 16.7 Å². The summed E-state index contributed by atoms with van der Waals surface area (Å²) in [7, 11) is 0. The van der Waals surface area contributed by atoms with E-state index in [1.807, 2.05) is 42.5 Å². The number of benzene rings is 2. The molecule has 0 aliphatic heterocycles. The Labute approximate surface area is 131 Å². The molecule has 0 radical (unpaired) electrons. The van der Waals surface area contributed by atoms with E-state index in [0.717, 1.165) is 15.5 Å². The zero-order chi connectivity index (χ0) is 15.4. The van der Waals surface area contributed by atoms with Gasteiger partial charge in [-0.3, -0.25) is 9.78 Å². The SMILES string of the molecule is Cc1nnc(Nc2ccccc2Sc2ccccc2)[nH]c1=O.